The van der Waals surface area contributed by atoms with E-state index in [0.29, 0.717) is 23.6 Å². The number of amides is 2. The van der Waals surface area contributed by atoms with Crippen LogP contribution in [0.3, 0.4) is 0 Å². The first kappa shape index (κ1) is 20.1. The fourth-order valence-corrected chi connectivity index (χ4v) is 3.72. The highest BCUT2D eigenvalue weighted by molar-refractivity contribution is 6.01. The van der Waals surface area contributed by atoms with Gasteiger partial charge in [0.15, 0.2) is 6.23 Å². The predicted molar refractivity (Wildman–Crippen MR) is 113 cm³/mol. The first-order chi connectivity index (χ1) is 14.6. The number of aromatic nitrogens is 2. The van der Waals surface area contributed by atoms with Gasteiger partial charge in [0.25, 0.3) is 0 Å². The number of carbonyl (C=O) groups excluding carboxylic acids is 2. The summed E-state index contributed by atoms with van der Waals surface area (Å²) < 4.78 is 12.7. The molecule has 2 amide bonds. The summed E-state index contributed by atoms with van der Waals surface area (Å²) in [4.78, 5) is 23.6. The molecule has 30 heavy (non-hydrogen) atoms. The third-order valence-corrected chi connectivity index (χ3v) is 5.11. The summed E-state index contributed by atoms with van der Waals surface area (Å²) in [6, 6.07) is 12.7. The van der Waals surface area contributed by atoms with Crippen molar-refractivity contribution in [3.8, 4) is 11.3 Å². The molecule has 1 aliphatic heterocycles. The summed E-state index contributed by atoms with van der Waals surface area (Å²) in [5.41, 5.74) is 8.93. The molecule has 1 aromatic heterocycles. The fourth-order valence-electron chi connectivity index (χ4n) is 3.72. The van der Waals surface area contributed by atoms with E-state index in [0.717, 1.165) is 35.7 Å². The molecule has 0 spiro atoms. The van der Waals surface area contributed by atoms with E-state index in [2.05, 4.69) is 5.32 Å². The zero-order valence-electron chi connectivity index (χ0n) is 16.8. The van der Waals surface area contributed by atoms with Gasteiger partial charge >= 0.3 is 0 Å². The van der Waals surface area contributed by atoms with Gasteiger partial charge in [0, 0.05) is 35.9 Å². The average Bonchev–Trinajstić information content (AvgIpc) is 3.13. The second-order valence-electron chi connectivity index (χ2n) is 7.27. The number of nitrogens with one attached hydrogen (secondary N) is 1. The molecule has 156 valence electrons. The number of nitrogens with zero attached hydrogens (tertiary/aromatic N) is 2. The van der Waals surface area contributed by atoms with E-state index in [1.165, 1.54) is 7.11 Å². The van der Waals surface area contributed by atoms with Gasteiger partial charge in [-0.05, 0) is 49.6 Å². The molecule has 3 aromatic rings. The van der Waals surface area contributed by atoms with Crippen LogP contribution in [0, 0.1) is 0 Å². The minimum Gasteiger partial charge on any atom is -0.375 e. The van der Waals surface area contributed by atoms with Crippen LogP contribution in [-0.2, 0) is 14.3 Å². The molecule has 2 aromatic carbocycles. The lowest BCUT2D eigenvalue weighted by molar-refractivity contribution is -0.119. The zero-order chi connectivity index (χ0) is 21.1. The molecule has 8 nitrogen and oxygen atoms in total. The number of hydrogen-bond donors (Lipinski definition) is 2. The second-order valence-corrected chi connectivity index (χ2v) is 7.27. The zero-order valence-corrected chi connectivity index (χ0v) is 16.8. The smallest absolute Gasteiger partial charge is 0.250 e. The molecule has 1 aliphatic rings. The molecule has 3 N–H and O–H groups in total. The molecule has 1 unspecified atom stereocenters. The van der Waals surface area contributed by atoms with E-state index in [9.17, 15) is 9.59 Å². The maximum atomic E-state index is 11.9. The Labute approximate surface area is 173 Å². The summed E-state index contributed by atoms with van der Waals surface area (Å²) in [6.45, 7) is 0.671. The van der Waals surface area contributed by atoms with Gasteiger partial charge in [0.2, 0.25) is 11.8 Å². The summed E-state index contributed by atoms with van der Waals surface area (Å²) in [5.74, 6) is -0.734. The minimum atomic E-state index is -0.495. The van der Waals surface area contributed by atoms with Crippen molar-refractivity contribution in [2.24, 2.45) is 5.73 Å². The number of benzene rings is 2. The number of methoxy groups -OCH3 is 1. The average molecular weight is 408 g/mol. The van der Waals surface area contributed by atoms with Crippen molar-refractivity contribution in [2.75, 3.05) is 25.6 Å². The maximum absolute atomic E-state index is 11.9. The highest BCUT2D eigenvalue weighted by atomic mass is 16.5. The van der Waals surface area contributed by atoms with Crippen LogP contribution in [0.4, 0.5) is 5.69 Å². The van der Waals surface area contributed by atoms with Crippen LogP contribution in [0.2, 0.25) is 0 Å². The van der Waals surface area contributed by atoms with Gasteiger partial charge in [-0.3, -0.25) is 9.59 Å². The Kier molecular flexibility index (Phi) is 5.78. The van der Waals surface area contributed by atoms with Gasteiger partial charge in [0.05, 0.1) is 5.52 Å². The number of ether oxygens (including phenoxy) is 2. The number of nitrogens with two attached hydrogens (primary N) is 1. The maximum Gasteiger partial charge on any atom is 0.250 e. The monoisotopic (exact) mass is 408 g/mol. The summed E-state index contributed by atoms with van der Waals surface area (Å²) >= 11 is 0. The minimum absolute atomic E-state index is 0.0250. The Morgan fingerprint density at radius 1 is 1.27 bits per heavy atom. The van der Waals surface area contributed by atoms with Crippen molar-refractivity contribution >= 4 is 28.4 Å². The van der Waals surface area contributed by atoms with Crippen LogP contribution < -0.4 is 11.1 Å². The van der Waals surface area contributed by atoms with E-state index in [4.69, 9.17) is 20.3 Å². The predicted octanol–water partition coefficient (Wildman–Crippen LogP) is 3.09. The molecule has 0 bridgehead atoms. The molecule has 0 saturated carbocycles. The third kappa shape index (κ3) is 4.05. The van der Waals surface area contributed by atoms with Crippen molar-refractivity contribution in [1.82, 2.24) is 9.78 Å². The number of fused-ring (bicyclic) bond motifs is 1. The highest BCUT2D eigenvalue weighted by Crippen LogP contribution is 2.34. The number of anilines is 1. The van der Waals surface area contributed by atoms with Crippen molar-refractivity contribution in [3.63, 3.8) is 0 Å². The number of carbonyl (C=O) groups is 2. The first-order valence-electron chi connectivity index (χ1n) is 9.89. The quantitative estimate of drug-likeness (QED) is 0.652. The van der Waals surface area contributed by atoms with Crippen LogP contribution in [-0.4, -0.2) is 41.9 Å². The van der Waals surface area contributed by atoms with Crippen LogP contribution >= 0.6 is 0 Å². The normalized spacial score (nSPS) is 16.5. The van der Waals surface area contributed by atoms with E-state index in [-0.39, 0.29) is 18.7 Å². The standard InChI is InChI=1S/C22H24N4O4/c1-29-13-19(27)24-16-6-4-5-14(11-16)21-17-12-15(22(23)28)8-9-18(17)26(25-21)20-7-2-3-10-30-20/h4-6,8-9,11-12,20H,2-3,7,10,13H2,1H3,(H2,23,28)(H,24,27). The largest absolute Gasteiger partial charge is 0.375 e. The molecule has 1 atom stereocenters. The van der Waals surface area contributed by atoms with Crippen LogP contribution in [0.25, 0.3) is 22.2 Å². The van der Waals surface area contributed by atoms with Crippen molar-refractivity contribution in [2.45, 2.75) is 25.5 Å². The summed E-state index contributed by atoms with van der Waals surface area (Å²) in [6.07, 6.45) is 2.83. The Morgan fingerprint density at radius 3 is 2.87 bits per heavy atom. The van der Waals surface area contributed by atoms with Crippen LogP contribution in [0.1, 0.15) is 35.8 Å². The Bertz CT molecular complexity index is 1090. The van der Waals surface area contributed by atoms with Gasteiger partial charge in [-0.1, -0.05) is 12.1 Å². The molecule has 4 rings (SSSR count). The van der Waals surface area contributed by atoms with Gasteiger partial charge in [-0.2, -0.15) is 5.10 Å². The molecule has 0 aliphatic carbocycles. The number of primary amides is 1. The molecular formula is C22H24N4O4. The number of hydrogen-bond acceptors (Lipinski definition) is 5. The van der Waals surface area contributed by atoms with E-state index < -0.39 is 5.91 Å². The van der Waals surface area contributed by atoms with E-state index in [1.807, 2.05) is 28.9 Å². The third-order valence-electron chi connectivity index (χ3n) is 5.11. The lowest BCUT2D eigenvalue weighted by Gasteiger charge is -2.23. The van der Waals surface area contributed by atoms with Crippen molar-refractivity contribution in [1.29, 1.82) is 0 Å². The van der Waals surface area contributed by atoms with Crippen LogP contribution in [0.5, 0.6) is 0 Å². The topological polar surface area (TPSA) is 108 Å². The van der Waals surface area contributed by atoms with Crippen LogP contribution in [0.15, 0.2) is 42.5 Å². The number of rotatable bonds is 6. The van der Waals surface area contributed by atoms with E-state index in [1.54, 1.807) is 18.2 Å². The summed E-state index contributed by atoms with van der Waals surface area (Å²) in [7, 11) is 1.47. The van der Waals surface area contributed by atoms with Crippen molar-refractivity contribution in [3.05, 3.63) is 48.0 Å². The van der Waals surface area contributed by atoms with E-state index >= 15 is 0 Å². The Morgan fingerprint density at radius 2 is 2.13 bits per heavy atom. The molecular weight excluding hydrogens is 384 g/mol. The van der Waals surface area contributed by atoms with Crippen molar-refractivity contribution < 1.29 is 19.1 Å². The highest BCUT2D eigenvalue weighted by Gasteiger charge is 2.22. The second kappa shape index (κ2) is 8.64. The fraction of sp³-hybridized carbons (Fsp3) is 0.318. The first-order valence-corrected chi connectivity index (χ1v) is 9.89. The lowest BCUT2D eigenvalue weighted by Crippen LogP contribution is -2.19. The molecule has 1 saturated heterocycles. The SMILES string of the molecule is COCC(=O)Nc1cccc(-c2nn(C3CCCCO3)c3ccc(C(N)=O)cc23)c1. The van der Waals surface area contributed by atoms with Gasteiger partial charge in [-0.25, -0.2) is 4.68 Å². The van der Waals surface area contributed by atoms with Gasteiger partial charge < -0.3 is 20.5 Å². The van der Waals surface area contributed by atoms with Gasteiger partial charge in [0.1, 0.15) is 12.3 Å². The molecule has 8 heteroatoms. The molecule has 0 radical (unpaired) electrons. The Hall–Kier alpha value is -3.23. The lowest BCUT2D eigenvalue weighted by atomic mass is 10.0. The summed E-state index contributed by atoms with van der Waals surface area (Å²) in [5, 5.41) is 8.45. The molecule has 2 heterocycles. The Balaban J connectivity index is 1.80. The van der Waals surface area contributed by atoms with Gasteiger partial charge in [-0.15, -0.1) is 0 Å². The molecule has 1 fully saturated rings.